The summed E-state index contributed by atoms with van der Waals surface area (Å²) in [4.78, 5) is 1.00. The molecule has 1 aliphatic heterocycles. The molecule has 3 rings (SSSR count). The lowest BCUT2D eigenvalue weighted by Crippen LogP contribution is -2.04. The van der Waals surface area contributed by atoms with Crippen LogP contribution in [0, 0.1) is 0 Å². The predicted molar refractivity (Wildman–Crippen MR) is 74.7 cm³/mol. The minimum atomic E-state index is -2.06. The fourth-order valence-corrected chi connectivity index (χ4v) is 4.41. The van der Waals surface area contributed by atoms with Crippen molar-refractivity contribution < 1.29 is 8.74 Å². The van der Waals surface area contributed by atoms with Crippen molar-refractivity contribution in [1.82, 2.24) is 0 Å². The van der Waals surface area contributed by atoms with E-state index < -0.39 is 10.6 Å². The first-order valence-electron chi connectivity index (χ1n) is 6.08. The van der Waals surface area contributed by atoms with E-state index in [0.717, 1.165) is 22.6 Å². The summed E-state index contributed by atoms with van der Waals surface area (Å²) in [5, 5.41) is 0. The molecule has 1 aliphatic rings. The van der Waals surface area contributed by atoms with Crippen LogP contribution in [-0.4, -0.2) is 10.3 Å². The van der Waals surface area contributed by atoms with E-state index in [1.54, 1.807) is 0 Å². The molecular weight excluding hydrogens is 244 g/mol. The normalized spacial score (nSPS) is 25.4. The van der Waals surface area contributed by atoms with Crippen LogP contribution in [0.5, 0.6) is 0 Å². The Morgan fingerprint density at radius 1 is 1.00 bits per heavy atom. The second kappa shape index (κ2) is 4.76. The van der Waals surface area contributed by atoms with E-state index in [1.807, 2.05) is 48.5 Å². The van der Waals surface area contributed by atoms with Gasteiger partial charge < -0.3 is 0 Å². The van der Waals surface area contributed by atoms with Gasteiger partial charge in [-0.1, -0.05) is 48.5 Å². The third-order valence-electron chi connectivity index (χ3n) is 3.23. The Morgan fingerprint density at radius 3 is 2.56 bits per heavy atom. The van der Waals surface area contributed by atoms with E-state index in [9.17, 15) is 4.55 Å². The average molecular weight is 260 g/mol. The number of fused-ring (bicyclic) bond motifs is 1. The van der Waals surface area contributed by atoms with Gasteiger partial charge >= 0.3 is 0 Å². The van der Waals surface area contributed by atoms with Gasteiger partial charge in [-0.05, 0) is 23.6 Å². The smallest absolute Gasteiger partial charge is 0.0969 e. The molecule has 1 unspecified atom stereocenters. The monoisotopic (exact) mass is 260 g/mol. The zero-order valence-corrected chi connectivity index (χ0v) is 10.9. The number of hydrogen-bond acceptors (Lipinski definition) is 2. The highest BCUT2D eigenvalue weighted by Gasteiger charge is 2.29. The Labute approximate surface area is 109 Å². The van der Waals surface area contributed by atoms with Gasteiger partial charge in [0.05, 0.1) is 11.5 Å². The summed E-state index contributed by atoms with van der Waals surface area (Å²) >= 11 is 0. The van der Waals surface area contributed by atoms with Crippen LogP contribution >= 0.6 is 10.6 Å². The second-order valence-corrected chi connectivity index (χ2v) is 6.81. The maximum Gasteiger partial charge on any atom is 0.0969 e. The highest BCUT2D eigenvalue weighted by atomic mass is 32.3. The van der Waals surface area contributed by atoms with Crippen LogP contribution in [0.4, 0.5) is 0 Å². The molecule has 0 aliphatic carbocycles. The first-order valence-corrected chi connectivity index (χ1v) is 7.76. The molecule has 18 heavy (non-hydrogen) atoms. The Kier molecular flexibility index (Phi) is 3.12. The lowest BCUT2D eigenvalue weighted by molar-refractivity contribution is 0.306. The summed E-state index contributed by atoms with van der Waals surface area (Å²) in [6.07, 6.45) is 0.913. The average Bonchev–Trinajstić information content (AvgIpc) is 2.77. The van der Waals surface area contributed by atoms with Crippen LogP contribution in [0.3, 0.4) is 0 Å². The van der Waals surface area contributed by atoms with E-state index in [1.165, 1.54) is 5.56 Å². The molecular formula is C15H16O2S. The molecule has 2 nitrogen and oxygen atoms in total. The summed E-state index contributed by atoms with van der Waals surface area (Å²) in [7, 11) is -2.06. The van der Waals surface area contributed by atoms with Crippen LogP contribution in [0.15, 0.2) is 59.5 Å². The molecule has 2 aromatic carbocycles. The number of hydrogen-bond donors (Lipinski definition) is 1. The summed E-state index contributed by atoms with van der Waals surface area (Å²) in [6, 6.07) is 18.0. The summed E-state index contributed by atoms with van der Waals surface area (Å²) in [5.41, 5.74) is 2.32. The Bertz CT molecular complexity index is 541. The summed E-state index contributed by atoms with van der Waals surface area (Å²) in [5.74, 6) is 0.721. The number of rotatable bonds is 3. The third-order valence-corrected chi connectivity index (χ3v) is 5.58. The lowest BCUT2D eigenvalue weighted by atomic mass is 10.2. The highest BCUT2D eigenvalue weighted by Crippen LogP contribution is 2.59. The van der Waals surface area contributed by atoms with Crippen LogP contribution in [0.1, 0.15) is 11.1 Å². The zero-order chi connectivity index (χ0) is 12.4. The van der Waals surface area contributed by atoms with Crippen molar-refractivity contribution in [3.8, 4) is 0 Å². The molecule has 1 N–H and O–H groups in total. The SMILES string of the molecule is OS1(OCc2ccccc2)CCc2ccccc21. The van der Waals surface area contributed by atoms with Gasteiger partial charge in [0, 0.05) is 5.75 Å². The zero-order valence-electron chi connectivity index (χ0n) is 10.1. The van der Waals surface area contributed by atoms with Gasteiger partial charge in [0.15, 0.2) is 0 Å². The molecule has 94 valence electrons. The molecule has 0 radical (unpaired) electrons. The lowest BCUT2D eigenvalue weighted by Gasteiger charge is -2.34. The molecule has 0 aromatic heterocycles. The van der Waals surface area contributed by atoms with Gasteiger partial charge in [0.25, 0.3) is 0 Å². The Balaban J connectivity index is 1.77. The van der Waals surface area contributed by atoms with Crippen LogP contribution in [0.2, 0.25) is 0 Å². The minimum absolute atomic E-state index is 0.473. The quantitative estimate of drug-likeness (QED) is 0.903. The van der Waals surface area contributed by atoms with Gasteiger partial charge in [-0.3, -0.25) is 8.74 Å². The first kappa shape index (κ1) is 11.8. The molecule has 3 heteroatoms. The van der Waals surface area contributed by atoms with Crippen LogP contribution < -0.4 is 0 Å². The Morgan fingerprint density at radius 2 is 1.72 bits per heavy atom. The molecule has 0 fully saturated rings. The molecule has 1 heterocycles. The molecule has 1 atom stereocenters. The summed E-state index contributed by atoms with van der Waals surface area (Å²) in [6.45, 7) is 0.473. The molecule has 0 spiro atoms. The van der Waals surface area contributed by atoms with Gasteiger partial charge in [0.2, 0.25) is 0 Å². The maximum absolute atomic E-state index is 10.7. The van der Waals surface area contributed by atoms with E-state index in [4.69, 9.17) is 4.18 Å². The van der Waals surface area contributed by atoms with E-state index in [-0.39, 0.29) is 0 Å². The van der Waals surface area contributed by atoms with E-state index in [2.05, 4.69) is 6.07 Å². The largest absolute Gasteiger partial charge is 0.295 e. The van der Waals surface area contributed by atoms with Crippen molar-refractivity contribution in [2.45, 2.75) is 17.9 Å². The van der Waals surface area contributed by atoms with Gasteiger partial charge in [-0.2, -0.15) is 10.6 Å². The first-order chi connectivity index (χ1) is 8.78. The third kappa shape index (κ3) is 2.17. The van der Waals surface area contributed by atoms with Crippen molar-refractivity contribution in [3.05, 3.63) is 65.7 Å². The molecule has 0 amide bonds. The van der Waals surface area contributed by atoms with Gasteiger partial charge in [-0.25, -0.2) is 0 Å². The fourth-order valence-electron chi connectivity index (χ4n) is 2.24. The van der Waals surface area contributed by atoms with Crippen molar-refractivity contribution in [1.29, 1.82) is 0 Å². The van der Waals surface area contributed by atoms with Crippen molar-refractivity contribution >= 4 is 10.6 Å². The predicted octanol–water partition coefficient (Wildman–Crippen LogP) is 4.01. The number of benzene rings is 2. The van der Waals surface area contributed by atoms with Crippen molar-refractivity contribution in [2.75, 3.05) is 5.75 Å². The van der Waals surface area contributed by atoms with Crippen LogP contribution in [-0.2, 0) is 17.2 Å². The van der Waals surface area contributed by atoms with E-state index >= 15 is 0 Å². The summed E-state index contributed by atoms with van der Waals surface area (Å²) < 4.78 is 16.5. The van der Waals surface area contributed by atoms with E-state index in [0.29, 0.717) is 6.61 Å². The molecule has 0 saturated carbocycles. The van der Waals surface area contributed by atoms with Crippen LogP contribution in [0.25, 0.3) is 0 Å². The fraction of sp³-hybridized carbons (Fsp3) is 0.200. The minimum Gasteiger partial charge on any atom is -0.295 e. The topological polar surface area (TPSA) is 29.5 Å². The Hall–Kier alpha value is -1.29. The second-order valence-electron chi connectivity index (χ2n) is 4.45. The van der Waals surface area contributed by atoms with Crippen molar-refractivity contribution in [3.63, 3.8) is 0 Å². The molecule has 0 bridgehead atoms. The number of aryl methyl sites for hydroxylation is 1. The molecule has 0 saturated heterocycles. The van der Waals surface area contributed by atoms with Crippen molar-refractivity contribution in [2.24, 2.45) is 0 Å². The maximum atomic E-state index is 10.7. The van der Waals surface area contributed by atoms with Gasteiger partial charge in [0.1, 0.15) is 0 Å². The standard InChI is InChI=1S/C15H16O2S/c16-18(17-12-13-6-2-1-3-7-13)11-10-14-8-4-5-9-15(14)18/h1-9,16H,10-12H2. The highest BCUT2D eigenvalue weighted by molar-refractivity contribution is 8.25. The molecule has 2 aromatic rings. The van der Waals surface area contributed by atoms with Gasteiger partial charge in [-0.15, -0.1) is 0 Å².